The van der Waals surface area contributed by atoms with Crippen molar-refractivity contribution in [1.82, 2.24) is 4.90 Å². The second kappa shape index (κ2) is 5.84. The molecular formula is C11H19NO4. The fourth-order valence-electron chi connectivity index (χ4n) is 1.80. The number of carboxylic acids is 1. The third kappa shape index (κ3) is 3.20. The lowest BCUT2D eigenvalue weighted by Gasteiger charge is -2.33. The highest BCUT2D eigenvalue weighted by Gasteiger charge is 2.30. The lowest BCUT2D eigenvalue weighted by Crippen LogP contribution is -2.48. The summed E-state index contributed by atoms with van der Waals surface area (Å²) in [7, 11) is 0. The number of nitrogens with zero attached hydrogens (tertiary/aromatic N) is 1. The largest absolute Gasteiger partial charge is 0.481 e. The molecule has 1 amide bonds. The number of carbonyl (C=O) groups excluding carboxylic acids is 1. The van der Waals surface area contributed by atoms with Crippen molar-refractivity contribution in [2.24, 2.45) is 5.92 Å². The zero-order valence-corrected chi connectivity index (χ0v) is 9.81. The van der Waals surface area contributed by atoms with E-state index in [4.69, 9.17) is 9.84 Å². The number of morpholine rings is 1. The number of ether oxygens (including phenoxy) is 1. The summed E-state index contributed by atoms with van der Waals surface area (Å²) in [5.41, 5.74) is 0. The van der Waals surface area contributed by atoms with E-state index in [1.165, 1.54) is 6.92 Å². The van der Waals surface area contributed by atoms with E-state index in [-0.39, 0.29) is 12.0 Å². The van der Waals surface area contributed by atoms with Gasteiger partial charge >= 0.3 is 5.97 Å². The summed E-state index contributed by atoms with van der Waals surface area (Å²) in [5, 5.41) is 8.77. The van der Waals surface area contributed by atoms with Crippen molar-refractivity contribution >= 4 is 11.9 Å². The van der Waals surface area contributed by atoms with Gasteiger partial charge in [0.2, 0.25) is 5.91 Å². The average Bonchev–Trinajstić information content (AvgIpc) is 2.28. The lowest BCUT2D eigenvalue weighted by atomic mass is 10.1. The summed E-state index contributed by atoms with van der Waals surface area (Å²) in [4.78, 5) is 24.1. The van der Waals surface area contributed by atoms with E-state index in [9.17, 15) is 9.59 Å². The summed E-state index contributed by atoms with van der Waals surface area (Å²) in [6, 6.07) is 0. The predicted octanol–water partition coefficient (Wildman–Crippen LogP) is 0.735. The van der Waals surface area contributed by atoms with Gasteiger partial charge in [0.05, 0.1) is 12.7 Å². The molecule has 1 fully saturated rings. The highest BCUT2D eigenvalue weighted by molar-refractivity contribution is 5.96. The Hall–Kier alpha value is -1.10. The third-order valence-corrected chi connectivity index (χ3v) is 2.80. The number of amides is 1. The molecule has 5 nitrogen and oxygen atoms in total. The minimum absolute atomic E-state index is 0.0590. The molecule has 0 radical (unpaired) electrons. The monoisotopic (exact) mass is 229 g/mol. The number of rotatable bonds is 4. The molecule has 1 saturated heterocycles. The number of hydrogen-bond acceptors (Lipinski definition) is 3. The zero-order chi connectivity index (χ0) is 12.1. The molecule has 1 rings (SSSR count). The summed E-state index contributed by atoms with van der Waals surface area (Å²) in [5.74, 6) is -2.33. The van der Waals surface area contributed by atoms with Crippen LogP contribution in [0.3, 0.4) is 0 Å². The molecule has 0 saturated carbocycles. The number of carboxylic acid groups (broad SMARTS) is 1. The molecule has 5 heteroatoms. The van der Waals surface area contributed by atoms with Gasteiger partial charge in [0.1, 0.15) is 5.92 Å². The summed E-state index contributed by atoms with van der Waals surface area (Å²) >= 11 is 0. The molecule has 1 N–H and O–H groups in total. The first-order valence-electron chi connectivity index (χ1n) is 5.69. The highest BCUT2D eigenvalue weighted by atomic mass is 16.5. The first-order chi connectivity index (χ1) is 7.56. The summed E-state index contributed by atoms with van der Waals surface area (Å²) < 4.78 is 5.50. The topological polar surface area (TPSA) is 66.8 Å². The van der Waals surface area contributed by atoms with Crippen LogP contribution >= 0.6 is 0 Å². The van der Waals surface area contributed by atoms with Gasteiger partial charge in [-0.2, -0.15) is 0 Å². The molecule has 0 aliphatic carbocycles. The molecule has 0 spiro atoms. The molecule has 1 aliphatic rings. The van der Waals surface area contributed by atoms with Crippen molar-refractivity contribution in [3.8, 4) is 0 Å². The first kappa shape index (κ1) is 13.0. The van der Waals surface area contributed by atoms with Crippen LogP contribution in [-0.4, -0.2) is 47.7 Å². The smallest absolute Gasteiger partial charge is 0.315 e. The van der Waals surface area contributed by atoms with Crippen molar-refractivity contribution in [1.29, 1.82) is 0 Å². The normalized spacial score (nSPS) is 22.9. The van der Waals surface area contributed by atoms with Crippen molar-refractivity contribution < 1.29 is 19.4 Å². The van der Waals surface area contributed by atoms with Gasteiger partial charge in [0.25, 0.3) is 0 Å². The molecule has 2 unspecified atom stereocenters. The van der Waals surface area contributed by atoms with Gasteiger partial charge in [0.15, 0.2) is 0 Å². The number of hydrogen-bond donors (Lipinski definition) is 1. The van der Waals surface area contributed by atoms with Crippen molar-refractivity contribution in [2.45, 2.75) is 32.8 Å². The van der Waals surface area contributed by atoms with E-state index in [0.717, 1.165) is 12.8 Å². The Kier molecular flexibility index (Phi) is 4.73. The molecule has 0 bridgehead atoms. The molecule has 0 aromatic rings. The van der Waals surface area contributed by atoms with Gasteiger partial charge in [-0.1, -0.05) is 13.3 Å². The molecule has 0 aromatic carbocycles. The molecular weight excluding hydrogens is 210 g/mol. The van der Waals surface area contributed by atoms with Crippen molar-refractivity contribution in [2.75, 3.05) is 19.7 Å². The van der Waals surface area contributed by atoms with E-state index < -0.39 is 11.9 Å². The van der Waals surface area contributed by atoms with Gasteiger partial charge in [-0.25, -0.2) is 0 Å². The van der Waals surface area contributed by atoms with E-state index in [2.05, 4.69) is 6.92 Å². The minimum atomic E-state index is -1.07. The Bertz CT molecular complexity index is 265. The second-order valence-electron chi connectivity index (χ2n) is 4.13. The van der Waals surface area contributed by atoms with Crippen LogP contribution in [0, 0.1) is 5.92 Å². The fraction of sp³-hybridized carbons (Fsp3) is 0.818. The zero-order valence-electron chi connectivity index (χ0n) is 9.81. The average molecular weight is 229 g/mol. The fourth-order valence-corrected chi connectivity index (χ4v) is 1.80. The number of aliphatic carboxylic acids is 1. The predicted molar refractivity (Wildman–Crippen MR) is 58.0 cm³/mol. The van der Waals surface area contributed by atoms with Gasteiger partial charge < -0.3 is 14.7 Å². The van der Waals surface area contributed by atoms with Crippen LogP contribution < -0.4 is 0 Å². The minimum Gasteiger partial charge on any atom is -0.481 e. The maximum absolute atomic E-state index is 11.8. The van der Waals surface area contributed by atoms with Gasteiger partial charge in [-0.3, -0.25) is 9.59 Å². The maximum atomic E-state index is 11.8. The molecule has 92 valence electrons. The highest BCUT2D eigenvalue weighted by Crippen LogP contribution is 2.13. The van der Waals surface area contributed by atoms with Crippen molar-refractivity contribution in [3.63, 3.8) is 0 Å². The Balaban J connectivity index is 2.53. The first-order valence-corrected chi connectivity index (χ1v) is 5.69. The van der Waals surface area contributed by atoms with Crippen LogP contribution in [0.15, 0.2) is 0 Å². The third-order valence-electron chi connectivity index (χ3n) is 2.80. The van der Waals surface area contributed by atoms with Gasteiger partial charge in [-0.05, 0) is 13.3 Å². The number of carbonyl (C=O) groups is 2. The summed E-state index contributed by atoms with van der Waals surface area (Å²) in [6.07, 6.45) is 1.97. The molecule has 2 atom stereocenters. The van der Waals surface area contributed by atoms with Crippen LogP contribution in [-0.2, 0) is 14.3 Å². The van der Waals surface area contributed by atoms with Crippen LogP contribution in [0.4, 0.5) is 0 Å². The SMILES string of the molecule is CCCC1CN(C(=O)C(C)C(=O)O)CCO1. The molecule has 0 aromatic heterocycles. The Morgan fingerprint density at radius 3 is 2.81 bits per heavy atom. The second-order valence-corrected chi connectivity index (χ2v) is 4.13. The molecule has 1 heterocycles. The van der Waals surface area contributed by atoms with E-state index in [1.807, 2.05) is 0 Å². The molecule has 1 aliphatic heterocycles. The standard InChI is InChI=1S/C11H19NO4/c1-3-4-9-7-12(5-6-16-9)10(13)8(2)11(14)15/h8-9H,3-7H2,1-2H3,(H,14,15). The lowest BCUT2D eigenvalue weighted by molar-refractivity contribution is -0.154. The van der Waals surface area contributed by atoms with Gasteiger partial charge in [-0.15, -0.1) is 0 Å². The quantitative estimate of drug-likeness (QED) is 0.722. The van der Waals surface area contributed by atoms with Crippen molar-refractivity contribution in [3.05, 3.63) is 0 Å². The Morgan fingerprint density at radius 2 is 2.25 bits per heavy atom. The summed E-state index contributed by atoms with van der Waals surface area (Å²) in [6.45, 7) is 5.00. The van der Waals surface area contributed by atoms with Crippen LogP contribution in [0.25, 0.3) is 0 Å². The maximum Gasteiger partial charge on any atom is 0.315 e. The Morgan fingerprint density at radius 1 is 1.56 bits per heavy atom. The Labute approximate surface area is 95.4 Å². The van der Waals surface area contributed by atoms with Crippen LogP contribution in [0.5, 0.6) is 0 Å². The van der Waals surface area contributed by atoms with E-state index >= 15 is 0 Å². The van der Waals surface area contributed by atoms with E-state index in [1.54, 1.807) is 4.90 Å². The van der Waals surface area contributed by atoms with E-state index in [0.29, 0.717) is 19.7 Å². The molecule has 16 heavy (non-hydrogen) atoms. The van der Waals surface area contributed by atoms with Crippen LogP contribution in [0.1, 0.15) is 26.7 Å². The van der Waals surface area contributed by atoms with Gasteiger partial charge in [0, 0.05) is 13.1 Å². The van der Waals surface area contributed by atoms with Crippen LogP contribution in [0.2, 0.25) is 0 Å².